The summed E-state index contributed by atoms with van der Waals surface area (Å²) in [4.78, 5) is 16.5. The molecule has 0 N–H and O–H groups in total. The van der Waals surface area contributed by atoms with Crippen LogP contribution < -0.4 is 9.47 Å². The molecule has 40 heavy (non-hydrogen) atoms. The van der Waals surface area contributed by atoms with Crippen LogP contribution in [0.1, 0.15) is 49.3 Å². The highest BCUT2D eigenvalue weighted by atomic mass is 32.2. The van der Waals surface area contributed by atoms with Gasteiger partial charge in [0.2, 0.25) is 0 Å². The lowest BCUT2D eigenvalue weighted by Crippen LogP contribution is -2.09. The van der Waals surface area contributed by atoms with Gasteiger partial charge in [0.1, 0.15) is 24.4 Å². The van der Waals surface area contributed by atoms with Crippen LogP contribution in [0.15, 0.2) is 61.1 Å². The van der Waals surface area contributed by atoms with Crippen LogP contribution in [0.25, 0.3) is 16.8 Å². The average Bonchev–Trinajstić information content (AvgIpc) is 3.43. The van der Waals surface area contributed by atoms with Crippen LogP contribution in [-0.4, -0.2) is 45.8 Å². The number of rotatable bonds is 13. The third kappa shape index (κ3) is 7.57. The first-order valence-electron chi connectivity index (χ1n) is 13.4. The molecular weight excluding hydrogens is 522 g/mol. The van der Waals surface area contributed by atoms with E-state index in [1.807, 2.05) is 48.3 Å². The number of fused-ring (bicyclic) bond motifs is 1. The van der Waals surface area contributed by atoms with E-state index in [1.54, 1.807) is 24.7 Å². The number of hydrogen-bond donors (Lipinski definition) is 0. The molecule has 0 aliphatic rings. The first kappa shape index (κ1) is 29.0. The van der Waals surface area contributed by atoms with Gasteiger partial charge in [0.25, 0.3) is 0 Å². The number of pyridine rings is 1. The molecule has 1 unspecified atom stereocenters. The molecule has 0 saturated heterocycles. The number of esters is 1. The minimum Gasteiger partial charge on any atom is -0.494 e. The highest BCUT2D eigenvalue weighted by Gasteiger charge is 2.16. The third-order valence-corrected chi connectivity index (χ3v) is 7.09. The lowest BCUT2D eigenvalue weighted by Gasteiger charge is -2.14. The normalized spacial score (nSPS) is 11.5. The van der Waals surface area contributed by atoms with Crippen LogP contribution >= 0.6 is 11.8 Å². The maximum atomic E-state index is 12.0. The molecule has 0 aliphatic carbocycles. The van der Waals surface area contributed by atoms with Gasteiger partial charge in [-0.1, -0.05) is 24.1 Å². The SMILES string of the molecule is CC#CC(CC(=O)OCC)c1ccc(OCc2cc(-c3ccc(OCCCSC)cc3C)cn3ncnc23)cc1. The minimum atomic E-state index is -0.253. The van der Waals surface area contributed by atoms with E-state index in [9.17, 15) is 4.79 Å². The first-order chi connectivity index (χ1) is 19.5. The molecule has 7 nitrogen and oxygen atoms in total. The molecule has 0 aliphatic heterocycles. The van der Waals surface area contributed by atoms with Crippen LogP contribution in [0.3, 0.4) is 0 Å². The van der Waals surface area contributed by atoms with Crippen molar-refractivity contribution in [2.24, 2.45) is 0 Å². The molecule has 0 fully saturated rings. The highest BCUT2D eigenvalue weighted by Crippen LogP contribution is 2.29. The van der Waals surface area contributed by atoms with Crippen LogP contribution in [0, 0.1) is 18.8 Å². The van der Waals surface area contributed by atoms with Gasteiger partial charge in [0.15, 0.2) is 5.65 Å². The van der Waals surface area contributed by atoms with Crippen molar-refractivity contribution in [1.29, 1.82) is 0 Å². The van der Waals surface area contributed by atoms with E-state index in [4.69, 9.17) is 14.2 Å². The van der Waals surface area contributed by atoms with E-state index in [0.717, 1.165) is 51.4 Å². The number of thioether (sulfide) groups is 1. The number of hydrogen-bond acceptors (Lipinski definition) is 7. The Bertz CT molecular complexity index is 1490. The zero-order chi connectivity index (χ0) is 28.3. The summed E-state index contributed by atoms with van der Waals surface area (Å²) >= 11 is 1.83. The molecule has 2 aromatic carbocycles. The predicted molar refractivity (Wildman–Crippen MR) is 160 cm³/mol. The Morgan fingerprint density at radius 3 is 2.62 bits per heavy atom. The van der Waals surface area contributed by atoms with Crippen LogP contribution in [-0.2, 0) is 16.1 Å². The van der Waals surface area contributed by atoms with Crippen LogP contribution in [0.5, 0.6) is 11.5 Å². The van der Waals surface area contributed by atoms with Gasteiger partial charge in [-0.25, -0.2) is 9.50 Å². The van der Waals surface area contributed by atoms with Crippen LogP contribution in [0.4, 0.5) is 0 Å². The van der Waals surface area contributed by atoms with Crippen molar-refractivity contribution in [3.8, 4) is 34.5 Å². The number of ether oxygens (including phenoxy) is 3. The Balaban J connectivity index is 1.49. The van der Waals surface area contributed by atoms with E-state index in [-0.39, 0.29) is 18.3 Å². The fraction of sp³-hybridized carbons (Fsp3) is 0.344. The van der Waals surface area contributed by atoms with Gasteiger partial charge in [-0.2, -0.15) is 16.9 Å². The van der Waals surface area contributed by atoms with Gasteiger partial charge in [0.05, 0.1) is 25.6 Å². The zero-order valence-corrected chi connectivity index (χ0v) is 24.3. The lowest BCUT2D eigenvalue weighted by molar-refractivity contribution is -0.143. The summed E-state index contributed by atoms with van der Waals surface area (Å²) in [6.45, 7) is 7.06. The van der Waals surface area contributed by atoms with Crippen molar-refractivity contribution in [3.05, 3.63) is 77.7 Å². The van der Waals surface area contributed by atoms with E-state index in [2.05, 4.69) is 53.3 Å². The van der Waals surface area contributed by atoms with Crippen molar-refractivity contribution in [2.45, 2.75) is 46.1 Å². The Morgan fingerprint density at radius 2 is 1.90 bits per heavy atom. The summed E-state index contributed by atoms with van der Waals surface area (Å²) in [5, 5.41) is 4.38. The second kappa shape index (κ2) is 14.4. The van der Waals surface area contributed by atoms with Gasteiger partial charge in [-0.15, -0.1) is 5.92 Å². The van der Waals surface area contributed by atoms with Gasteiger partial charge in [0, 0.05) is 17.3 Å². The Kier molecular flexibility index (Phi) is 10.5. The smallest absolute Gasteiger partial charge is 0.307 e. The topological polar surface area (TPSA) is 75.0 Å². The molecule has 2 heterocycles. The van der Waals surface area contributed by atoms with Crippen molar-refractivity contribution < 1.29 is 19.0 Å². The minimum absolute atomic E-state index is 0.219. The molecule has 208 valence electrons. The van der Waals surface area contributed by atoms with E-state index < -0.39 is 0 Å². The van der Waals surface area contributed by atoms with Crippen molar-refractivity contribution >= 4 is 23.4 Å². The quantitative estimate of drug-likeness (QED) is 0.106. The number of nitrogens with zero attached hydrogens (tertiary/aromatic N) is 3. The second-order valence-corrected chi connectivity index (χ2v) is 10.3. The van der Waals surface area contributed by atoms with E-state index >= 15 is 0 Å². The molecule has 0 radical (unpaired) electrons. The van der Waals surface area contributed by atoms with Crippen molar-refractivity contribution in [1.82, 2.24) is 14.6 Å². The molecule has 0 amide bonds. The molecule has 8 heteroatoms. The summed E-state index contributed by atoms with van der Waals surface area (Å²) in [6, 6.07) is 16.0. The first-order valence-corrected chi connectivity index (χ1v) is 14.8. The molecule has 0 bridgehead atoms. The molecule has 0 saturated carbocycles. The van der Waals surface area contributed by atoms with Gasteiger partial charge in [-0.3, -0.25) is 4.79 Å². The molecule has 2 aromatic heterocycles. The molecule has 1 atom stereocenters. The van der Waals surface area contributed by atoms with E-state index in [1.165, 1.54) is 0 Å². The Morgan fingerprint density at radius 1 is 1.10 bits per heavy atom. The Labute approximate surface area is 240 Å². The highest BCUT2D eigenvalue weighted by molar-refractivity contribution is 7.98. The number of benzene rings is 2. The lowest BCUT2D eigenvalue weighted by atomic mass is 9.96. The van der Waals surface area contributed by atoms with Gasteiger partial charge >= 0.3 is 5.97 Å². The third-order valence-electron chi connectivity index (χ3n) is 6.39. The van der Waals surface area contributed by atoms with Crippen LogP contribution in [0.2, 0.25) is 0 Å². The fourth-order valence-electron chi connectivity index (χ4n) is 4.46. The number of carbonyl (C=O) groups is 1. The van der Waals surface area contributed by atoms with Gasteiger partial charge < -0.3 is 14.2 Å². The number of aryl methyl sites for hydroxylation is 1. The maximum absolute atomic E-state index is 12.0. The largest absolute Gasteiger partial charge is 0.494 e. The summed E-state index contributed by atoms with van der Waals surface area (Å²) in [5.74, 6) is 8.24. The predicted octanol–water partition coefficient (Wildman–Crippen LogP) is 6.48. The summed E-state index contributed by atoms with van der Waals surface area (Å²) in [6.07, 6.45) is 6.89. The summed E-state index contributed by atoms with van der Waals surface area (Å²) < 4.78 is 19.0. The molecule has 4 aromatic rings. The summed E-state index contributed by atoms with van der Waals surface area (Å²) in [7, 11) is 0. The fourth-order valence-corrected chi connectivity index (χ4v) is 4.87. The van der Waals surface area contributed by atoms with Crippen molar-refractivity contribution in [2.75, 3.05) is 25.2 Å². The Hall–Kier alpha value is -3.96. The van der Waals surface area contributed by atoms with E-state index in [0.29, 0.717) is 25.6 Å². The maximum Gasteiger partial charge on any atom is 0.307 e. The molecule has 0 spiro atoms. The zero-order valence-electron chi connectivity index (χ0n) is 23.5. The number of carbonyl (C=O) groups excluding carboxylic acids is 1. The van der Waals surface area contributed by atoms with Gasteiger partial charge in [-0.05, 0) is 86.2 Å². The average molecular weight is 558 g/mol. The second-order valence-electron chi connectivity index (χ2n) is 9.27. The monoisotopic (exact) mass is 557 g/mol. The number of aromatic nitrogens is 3. The standard InChI is InChI=1S/C32H35N3O4S/c1-5-8-25(19-31(36)37-6-2)24-9-11-28(12-10-24)39-21-27-18-26(20-35-32(27)33-22-34-35)30-14-13-29(17-23(30)3)38-15-7-16-40-4/h9-14,17-18,20,22,25H,6-7,15-16,19,21H2,1-4H3. The molecule has 4 rings (SSSR count). The summed E-state index contributed by atoms with van der Waals surface area (Å²) in [5.41, 5.74) is 5.87. The van der Waals surface area contributed by atoms with Crippen molar-refractivity contribution in [3.63, 3.8) is 0 Å². The molecular formula is C32H35N3O4S.